The van der Waals surface area contributed by atoms with E-state index in [2.05, 4.69) is 17.2 Å². The lowest BCUT2D eigenvalue weighted by Crippen LogP contribution is -2.25. The fraction of sp³-hybridized carbons (Fsp3) is 0.438. The van der Waals surface area contributed by atoms with Gasteiger partial charge < -0.3 is 19.4 Å². The van der Waals surface area contributed by atoms with Crippen molar-refractivity contribution in [3.8, 4) is 11.5 Å². The maximum absolute atomic E-state index is 5.52. The van der Waals surface area contributed by atoms with E-state index in [4.69, 9.17) is 9.47 Å². The Morgan fingerprint density at radius 3 is 2.38 bits per heavy atom. The van der Waals surface area contributed by atoms with Crippen LogP contribution in [0.4, 0.5) is 0 Å². The summed E-state index contributed by atoms with van der Waals surface area (Å²) in [7, 11) is 5.37. The van der Waals surface area contributed by atoms with Gasteiger partial charge in [0, 0.05) is 31.9 Å². The molecule has 1 N–H and O–H groups in total. The standard InChI is InChI=1S/C16H23N3O2/c1-5-17-12(11-15-18-9-10-19(15)2)16-13(20-3)7-6-8-14(16)21-4/h6-10,12,17H,5,11H2,1-4H3. The third-order valence-corrected chi connectivity index (χ3v) is 3.57. The van der Waals surface area contributed by atoms with E-state index >= 15 is 0 Å². The van der Waals surface area contributed by atoms with Crippen molar-refractivity contribution >= 4 is 0 Å². The lowest BCUT2D eigenvalue weighted by Gasteiger charge is -2.22. The number of benzene rings is 1. The van der Waals surface area contributed by atoms with Crippen molar-refractivity contribution in [3.63, 3.8) is 0 Å². The summed E-state index contributed by atoms with van der Waals surface area (Å²) in [5.41, 5.74) is 1.03. The number of methoxy groups -OCH3 is 2. The Hall–Kier alpha value is -2.01. The summed E-state index contributed by atoms with van der Waals surface area (Å²) in [4.78, 5) is 4.42. The fourth-order valence-electron chi connectivity index (χ4n) is 2.52. The van der Waals surface area contributed by atoms with Crippen LogP contribution in [0.25, 0.3) is 0 Å². The lowest BCUT2D eigenvalue weighted by atomic mass is 10.0. The molecular weight excluding hydrogens is 266 g/mol. The number of nitrogens with zero attached hydrogens (tertiary/aromatic N) is 2. The van der Waals surface area contributed by atoms with Crippen molar-refractivity contribution in [1.29, 1.82) is 0 Å². The van der Waals surface area contributed by atoms with Gasteiger partial charge in [-0.2, -0.15) is 0 Å². The highest BCUT2D eigenvalue weighted by Crippen LogP contribution is 2.35. The SMILES string of the molecule is CCNC(Cc1nccn1C)c1c(OC)cccc1OC. The van der Waals surface area contributed by atoms with E-state index in [1.165, 1.54) is 0 Å². The van der Waals surface area contributed by atoms with Gasteiger partial charge in [0.15, 0.2) is 0 Å². The molecule has 21 heavy (non-hydrogen) atoms. The molecule has 2 rings (SSSR count). The maximum atomic E-state index is 5.52. The minimum Gasteiger partial charge on any atom is -0.496 e. The Bertz CT molecular complexity index is 558. The van der Waals surface area contributed by atoms with Crippen LogP contribution >= 0.6 is 0 Å². The molecule has 0 aliphatic rings. The topological polar surface area (TPSA) is 48.3 Å². The summed E-state index contributed by atoms with van der Waals surface area (Å²) in [6, 6.07) is 5.94. The third-order valence-electron chi connectivity index (χ3n) is 3.57. The molecule has 0 aliphatic heterocycles. The van der Waals surface area contributed by atoms with Gasteiger partial charge in [0.2, 0.25) is 0 Å². The van der Waals surface area contributed by atoms with E-state index < -0.39 is 0 Å². The second-order valence-electron chi connectivity index (χ2n) is 4.84. The zero-order valence-electron chi connectivity index (χ0n) is 13.1. The first-order chi connectivity index (χ1) is 10.2. The highest BCUT2D eigenvalue weighted by Gasteiger charge is 2.22. The normalized spacial score (nSPS) is 12.2. The molecule has 5 nitrogen and oxygen atoms in total. The van der Waals surface area contributed by atoms with Crippen molar-refractivity contribution in [2.24, 2.45) is 7.05 Å². The van der Waals surface area contributed by atoms with Gasteiger partial charge in [-0.3, -0.25) is 0 Å². The molecule has 0 saturated carbocycles. The number of aromatic nitrogens is 2. The monoisotopic (exact) mass is 289 g/mol. The van der Waals surface area contributed by atoms with Crippen LogP contribution in [0.15, 0.2) is 30.6 Å². The molecule has 1 aromatic heterocycles. The van der Waals surface area contributed by atoms with Gasteiger partial charge in [-0.15, -0.1) is 0 Å². The molecule has 0 fully saturated rings. The van der Waals surface area contributed by atoms with Gasteiger partial charge >= 0.3 is 0 Å². The summed E-state index contributed by atoms with van der Waals surface area (Å²) < 4.78 is 13.1. The average molecular weight is 289 g/mol. The maximum Gasteiger partial charge on any atom is 0.127 e. The van der Waals surface area contributed by atoms with Crippen molar-refractivity contribution in [2.75, 3.05) is 20.8 Å². The number of rotatable bonds is 7. The van der Waals surface area contributed by atoms with Crippen molar-refractivity contribution in [3.05, 3.63) is 42.0 Å². The fourth-order valence-corrected chi connectivity index (χ4v) is 2.52. The number of likely N-dealkylation sites (N-methyl/N-ethyl adjacent to an activating group) is 1. The number of imidazole rings is 1. The van der Waals surface area contributed by atoms with Gasteiger partial charge in [-0.1, -0.05) is 13.0 Å². The molecule has 1 atom stereocenters. The minimum atomic E-state index is 0.0854. The molecular formula is C16H23N3O2. The van der Waals surface area contributed by atoms with Gasteiger partial charge in [-0.05, 0) is 18.7 Å². The Balaban J connectivity index is 2.40. The summed E-state index contributed by atoms with van der Waals surface area (Å²) in [5.74, 6) is 2.68. The number of hydrogen-bond donors (Lipinski definition) is 1. The minimum absolute atomic E-state index is 0.0854. The van der Waals surface area contributed by atoms with Crippen LogP contribution in [0.3, 0.4) is 0 Å². The van der Waals surface area contributed by atoms with Crippen molar-refractivity contribution < 1.29 is 9.47 Å². The van der Waals surface area contributed by atoms with E-state index in [9.17, 15) is 0 Å². The van der Waals surface area contributed by atoms with Gasteiger partial charge in [0.1, 0.15) is 17.3 Å². The summed E-state index contributed by atoms with van der Waals surface area (Å²) >= 11 is 0. The highest BCUT2D eigenvalue weighted by atomic mass is 16.5. The van der Waals surface area contributed by atoms with Crippen molar-refractivity contribution in [2.45, 2.75) is 19.4 Å². The van der Waals surface area contributed by atoms with Crippen LogP contribution < -0.4 is 14.8 Å². The molecule has 0 spiro atoms. The summed E-state index contributed by atoms with van der Waals surface area (Å²) in [6.45, 7) is 2.95. The van der Waals surface area contributed by atoms with Crippen LogP contribution in [0.1, 0.15) is 24.4 Å². The molecule has 5 heteroatoms. The largest absolute Gasteiger partial charge is 0.496 e. The van der Waals surface area contributed by atoms with Gasteiger partial charge in [0.25, 0.3) is 0 Å². The quantitative estimate of drug-likeness (QED) is 0.850. The van der Waals surface area contributed by atoms with Crippen LogP contribution in [0, 0.1) is 0 Å². The molecule has 0 saturated heterocycles. The molecule has 114 valence electrons. The van der Waals surface area contributed by atoms with E-state index in [0.717, 1.165) is 35.9 Å². The Morgan fingerprint density at radius 1 is 1.24 bits per heavy atom. The second kappa shape index (κ2) is 7.13. The summed E-state index contributed by atoms with van der Waals surface area (Å²) in [6.07, 6.45) is 4.55. The zero-order valence-corrected chi connectivity index (χ0v) is 13.1. The number of hydrogen-bond acceptors (Lipinski definition) is 4. The first kappa shape index (κ1) is 15.4. The molecule has 0 aliphatic carbocycles. The zero-order chi connectivity index (χ0) is 15.2. The summed E-state index contributed by atoms with van der Waals surface area (Å²) in [5, 5.41) is 3.50. The number of aryl methyl sites for hydroxylation is 1. The van der Waals surface area contributed by atoms with E-state index in [-0.39, 0.29) is 6.04 Å². The molecule has 0 amide bonds. The van der Waals surface area contributed by atoms with Crippen LogP contribution in [-0.2, 0) is 13.5 Å². The third kappa shape index (κ3) is 3.36. The Kier molecular flexibility index (Phi) is 5.22. The van der Waals surface area contributed by atoms with Crippen molar-refractivity contribution in [1.82, 2.24) is 14.9 Å². The van der Waals surface area contributed by atoms with Crippen LogP contribution in [0.2, 0.25) is 0 Å². The Labute approximate surface area is 125 Å². The first-order valence-corrected chi connectivity index (χ1v) is 7.11. The number of nitrogens with one attached hydrogen (secondary N) is 1. The van der Waals surface area contributed by atoms with Gasteiger partial charge in [-0.25, -0.2) is 4.98 Å². The highest BCUT2D eigenvalue weighted by molar-refractivity contribution is 5.47. The number of ether oxygens (including phenoxy) is 2. The van der Waals surface area contributed by atoms with Crippen LogP contribution in [0.5, 0.6) is 11.5 Å². The smallest absolute Gasteiger partial charge is 0.127 e. The van der Waals surface area contributed by atoms with E-state index in [1.807, 2.05) is 42.2 Å². The first-order valence-electron chi connectivity index (χ1n) is 7.11. The van der Waals surface area contributed by atoms with Crippen LogP contribution in [-0.4, -0.2) is 30.3 Å². The lowest BCUT2D eigenvalue weighted by molar-refractivity contribution is 0.369. The molecule has 0 radical (unpaired) electrons. The Morgan fingerprint density at radius 2 is 1.90 bits per heavy atom. The average Bonchev–Trinajstić information content (AvgIpc) is 2.91. The predicted molar refractivity (Wildman–Crippen MR) is 82.9 cm³/mol. The molecule has 1 aromatic carbocycles. The molecule has 0 bridgehead atoms. The second-order valence-corrected chi connectivity index (χ2v) is 4.84. The molecule has 2 aromatic rings. The van der Waals surface area contributed by atoms with Gasteiger partial charge in [0.05, 0.1) is 19.8 Å². The van der Waals surface area contributed by atoms with E-state index in [1.54, 1.807) is 14.2 Å². The predicted octanol–water partition coefficient (Wildman–Crippen LogP) is 2.33. The van der Waals surface area contributed by atoms with E-state index in [0.29, 0.717) is 0 Å². The molecule has 1 unspecified atom stereocenters. The molecule has 1 heterocycles.